The van der Waals surface area contributed by atoms with Crippen LogP contribution in [0.3, 0.4) is 0 Å². The minimum absolute atomic E-state index is 0.00292. The van der Waals surface area contributed by atoms with E-state index in [4.69, 9.17) is 26.8 Å². The van der Waals surface area contributed by atoms with Crippen molar-refractivity contribution in [3.05, 3.63) is 40.4 Å². The summed E-state index contributed by atoms with van der Waals surface area (Å²) in [5.74, 6) is 5.34. The molecule has 3 rings (SSSR count). The second-order valence-electron chi connectivity index (χ2n) is 9.61. The number of amides is 1. The molecular weight excluding hydrogens is 430 g/mol. The van der Waals surface area contributed by atoms with E-state index in [1.165, 1.54) is 0 Å². The van der Waals surface area contributed by atoms with Crippen molar-refractivity contribution in [3.8, 4) is 11.8 Å². The molecule has 1 heterocycles. The largest absolute Gasteiger partial charge is 0.449 e. The molecule has 0 spiro atoms. The Bertz CT molecular complexity index is 984. The number of ether oxygens (including phenoxy) is 2. The first-order valence-electron chi connectivity index (χ1n) is 10.7. The van der Waals surface area contributed by atoms with Gasteiger partial charge in [-0.05, 0) is 43.5 Å². The molecule has 2 aliphatic rings. The molecule has 1 aromatic carbocycles. The molecule has 172 valence electrons. The number of benzene rings is 1. The molecule has 0 saturated carbocycles. The number of aliphatic hydroxyl groups is 1. The predicted molar refractivity (Wildman–Crippen MR) is 122 cm³/mol. The summed E-state index contributed by atoms with van der Waals surface area (Å²) in [5, 5.41) is 10.5. The maximum Gasteiger partial charge on any atom is 0.309 e. The molecule has 6 nitrogen and oxygen atoms in total. The van der Waals surface area contributed by atoms with Crippen LogP contribution in [-0.4, -0.2) is 40.9 Å². The smallest absolute Gasteiger partial charge is 0.309 e. The number of nitrogens with two attached hydrogens (primary N) is 1. The highest BCUT2D eigenvalue weighted by Gasteiger charge is 2.39. The van der Waals surface area contributed by atoms with E-state index in [1.807, 2.05) is 24.3 Å². The van der Waals surface area contributed by atoms with Gasteiger partial charge >= 0.3 is 5.97 Å². The summed E-state index contributed by atoms with van der Waals surface area (Å²) in [6, 6.07) is 7.50. The van der Waals surface area contributed by atoms with Crippen LogP contribution in [0, 0.1) is 17.3 Å². The van der Waals surface area contributed by atoms with E-state index in [2.05, 4.69) is 25.7 Å². The van der Waals surface area contributed by atoms with E-state index in [0.29, 0.717) is 24.3 Å². The highest BCUT2D eigenvalue weighted by atomic mass is 35.5. The Morgan fingerprint density at radius 2 is 1.94 bits per heavy atom. The van der Waals surface area contributed by atoms with Gasteiger partial charge in [0.1, 0.15) is 5.60 Å². The van der Waals surface area contributed by atoms with Gasteiger partial charge in [0.05, 0.1) is 18.6 Å². The Labute approximate surface area is 194 Å². The zero-order valence-corrected chi connectivity index (χ0v) is 19.7. The molecule has 0 bridgehead atoms. The van der Waals surface area contributed by atoms with Crippen molar-refractivity contribution in [2.24, 2.45) is 11.1 Å². The third kappa shape index (κ3) is 5.72. The van der Waals surface area contributed by atoms with Gasteiger partial charge in [-0.2, -0.15) is 0 Å². The molecule has 3 atom stereocenters. The summed E-state index contributed by atoms with van der Waals surface area (Å²) in [5.41, 5.74) is 6.90. The third-order valence-electron chi connectivity index (χ3n) is 5.92. The SMILES string of the molecule is CC1(C)CC(OC(C)(C)C(N)=O)CC(c2ccc(Cl)cc2)=C1C#CC1CC(O)CC(=O)O1. The number of aliphatic hydroxyl groups excluding tert-OH is 1. The first kappa shape index (κ1) is 24.3. The molecule has 3 N–H and O–H groups in total. The summed E-state index contributed by atoms with van der Waals surface area (Å²) in [6.07, 6.45) is -0.162. The summed E-state index contributed by atoms with van der Waals surface area (Å²) >= 11 is 6.09. The molecular formula is C25H30ClNO5. The van der Waals surface area contributed by atoms with E-state index in [1.54, 1.807) is 13.8 Å². The summed E-state index contributed by atoms with van der Waals surface area (Å²) in [6.45, 7) is 7.49. The topological polar surface area (TPSA) is 98.9 Å². The number of hydrogen-bond donors (Lipinski definition) is 2. The molecule has 7 heteroatoms. The lowest BCUT2D eigenvalue weighted by Crippen LogP contribution is -2.45. The zero-order valence-electron chi connectivity index (χ0n) is 18.9. The maximum atomic E-state index is 11.8. The number of rotatable bonds is 4. The minimum Gasteiger partial charge on any atom is -0.449 e. The van der Waals surface area contributed by atoms with Gasteiger partial charge in [0.15, 0.2) is 6.10 Å². The van der Waals surface area contributed by atoms with Crippen molar-refractivity contribution < 1.29 is 24.2 Å². The number of cyclic esters (lactones) is 1. The number of carbonyl (C=O) groups excluding carboxylic acids is 2. The van der Waals surface area contributed by atoms with Gasteiger partial charge in [-0.25, -0.2) is 0 Å². The van der Waals surface area contributed by atoms with Crippen molar-refractivity contribution in [2.45, 2.75) is 77.3 Å². The standard InChI is InChI=1S/C25H30ClNO5/c1-24(2)14-19(32-25(3,4)23(27)30)13-20(15-5-7-16(26)8-6-15)21(24)10-9-18-11-17(28)12-22(29)31-18/h5-8,17-19,28H,11-14H2,1-4H3,(H2,27,30). The highest BCUT2D eigenvalue weighted by molar-refractivity contribution is 6.30. The van der Waals surface area contributed by atoms with Gasteiger partial charge in [0.25, 0.3) is 0 Å². The molecule has 1 amide bonds. The Hall–Kier alpha value is -2.33. The van der Waals surface area contributed by atoms with Crippen LogP contribution in [0.1, 0.15) is 58.9 Å². The number of allylic oxidation sites excluding steroid dienone is 1. The van der Waals surface area contributed by atoms with Crippen LogP contribution in [0.25, 0.3) is 5.57 Å². The average Bonchev–Trinajstić information content (AvgIpc) is 2.65. The fourth-order valence-corrected chi connectivity index (χ4v) is 4.34. The second kappa shape index (κ2) is 9.27. The van der Waals surface area contributed by atoms with Crippen LogP contribution in [0.15, 0.2) is 29.8 Å². The van der Waals surface area contributed by atoms with Crippen LogP contribution in [0.4, 0.5) is 0 Å². The minimum atomic E-state index is -1.10. The lowest BCUT2D eigenvalue weighted by atomic mass is 9.70. The van der Waals surface area contributed by atoms with Crippen LogP contribution < -0.4 is 5.73 Å². The molecule has 1 aliphatic carbocycles. The predicted octanol–water partition coefficient (Wildman–Crippen LogP) is 3.63. The molecule has 0 radical (unpaired) electrons. The van der Waals surface area contributed by atoms with Crippen molar-refractivity contribution in [2.75, 3.05) is 0 Å². The van der Waals surface area contributed by atoms with E-state index >= 15 is 0 Å². The molecule has 1 aliphatic heterocycles. The molecule has 1 aromatic rings. The van der Waals surface area contributed by atoms with Gasteiger partial charge in [0, 0.05) is 28.9 Å². The van der Waals surface area contributed by atoms with Crippen LogP contribution in [0.2, 0.25) is 5.02 Å². The fraction of sp³-hybridized carbons (Fsp3) is 0.520. The summed E-state index contributed by atoms with van der Waals surface area (Å²) < 4.78 is 11.4. The number of primary amides is 1. The summed E-state index contributed by atoms with van der Waals surface area (Å²) in [7, 11) is 0. The molecule has 3 unspecified atom stereocenters. The molecule has 0 aromatic heterocycles. The van der Waals surface area contributed by atoms with E-state index in [-0.39, 0.29) is 17.9 Å². The second-order valence-corrected chi connectivity index (χ2v) is 10.0. The fourth-order valence-electron chi connectivity index (χ4n) is 4.22. The lowest BCUT2D eigenvalue weighted by molar-refractivity contribution is -0.155. The van der Waals surface area contributed by atoms with Gasteiger partial charge in [-0.3, -0.25) is 9.59 Å². The number of hydrogen-bond acceptors (Lipinski definition) is 5. The van der Waals surface area contributed by atoms with Crippen molar-refractivity contribution in [1.82, 2.24) is 0 Å². The van der Waals surface area contributed by atoms with Crippen LogP contribution in [0.5, 0.6) is 0 Å². The van der Waals surface area contributed by atoms with Gasteiger partial charge in [0.2, 0.25) is 5.91 Å². The Kier molecular flexibility index (Phi) is 7.04. The Morgan fingerprint density at radius 3 is 2.53 bits per heavy atom. The van der Waals surface area contributed by atoms with Gasteiger partial charge in [-0.1, -0.05) is 49.4 Å². The Morgan fingerprint density at radius 1 is 1.28 bits per heavy atom. The number of carbonyl (C=O) groups is 2. The van der Waals surface area contributed by atoms with Crippen molar-refractivity contribution in [3.63, 3.8) is 0 Å². The number of esters is 1. The average molecular weight is 460 g/mol. The van der Waals surface area contributed by atoms with E-state index < -0.39 is 29.7 Å². The first-order chi connectivity index (χ1) is 14.9. The first-order valence-corrected chi connectivity index (χ1v) is 11.1. The monoisotopic (exact) mass is 459 g/mol. The molecule has 32 heavy (non-hydrogen) atoms. The van der Waals surface area contributed by atoms with E-state index in [9.17, 15) is 14.7 Å². The van der Waals surface area contributed by atoms with Crippen LogP contribution >= 0.6 is 11.6 Å². The van der Waals surface area contributed by atoms with Gasteiger partial charge in [-0.15, -0.1) is 0 Å². The summed E-state index contributed by atoms with van der Waals surface area (Å²) in [4.78, 5) is 23.5. The molecule has 1 saturated heterocycles. The molecule has 1 fully saturated rings. The quantitative estimate of drug-likeness (QED) is 0.529. The number of halogens is 1. The Balaban J connectivity index is 2.01. The lowest BCUT2D eigenvalue weighted by Gasteiger charge is -2.40. The van der Waals surface area contributed by atoms with E-state index in [0.717, 1.165) is 16.7 Å². The van der Waals surface area contributed by atoms with Crippen LogP contribution in [-0.2, 0) is 19.1 Å². The van der Waals surface area contributed by atoms with Crippen molar-refractivity contribution >= 4 is 29.1 Å². The van der Waals surface area contributed by atoms with Crippen molar-refractivity contribution in [1.29, 1.82) is 0 Å². The van der Waals surface area contributed by atoms with Gasteiger partial charge < -0.3 is 20.3 Å². The maximum absolute atomic E-state index is 11.8. The normalized spacial score (nSPS) is 25.6. The zero-order chi connectivity index (χ0) is 23.7. The highest BCUT2D eigenvalue weighted by Crippen LogP contribution is 2.45. The third-order valence-corrected chi connectivity index (χ3v) is 6.17.